The Morgan fingerprint density at radius 1 is 0.931 bits per heavy atom. The third kappa shape index (κ3) is 8.39. The summed E-state index contributed by atoms with van der Waals surface area (Å²) >= 11 is 0. The van der Waals surface area contributed by atoms with E-state index < -0.39 is 0 Å². The summed E-state index contributed by atoms with van der Waals surface area (Å²) in [4.78, 5) is 6.61. The Kier molecular flexibility index (Phi) is 11.1. The average Bonchev–Trinajstić information content (AvgIpc) is 2.76. The van der Waals surface area contributed by atoms with Crippen LogP contribution in [-0.4, -0.2) is 17.6 Å². The number of rotatable bonds is 14. The highest BCUT2D eigenvalue weighted by atomic mass is 16.7. The van der Waals surface area contributed by atoms with Crippen molar-refractivity contribution < 1.29 is 4.84 Å². The highest BCUT2D eigenvalue weighted by molar-refractivity contribution is 5.48. The largest absolute Gasteiger partial charge is 0.290 e. The van der Waals surface area contributed by atoms with Crippen LogP contribution < -0.4 is 0 Å². The van der Waals surface area contributed by atoms with Crippen LogP contribution in [0, 0.1) is 0 Å². The van der Waals surface area contributed by atoms with E-state index >= 15 is 0 Å². The SMILES string of the molecule is C=CCN(OC(CCC)c1ccccc1)C(C/C=C\c1ccccc1)CCCC. The lowest BCUT2D eigenvalue weighted by Crippen LogP contribution is -2.36. The number of unbranched alkanes of at least 4 members (excludes halogenated alkanes) is 1. The minimum Gasteiger partial charge on any atom is -0.290 e. The van der Waals surface area contributed by atoms with Crippen molar-refractivity contribution in [2.75, 3.05) is 6.54 Å². The zero-order chi connectivity index (χ0) is 20.7. The minimum absolute atomic E-state index is 0.0865. The lowest BCUT2D eigenvalue weighted by atomic mass is 10.0. The summed E-state index contributed by atoms with van der Waals surface area (Å²) < 4.78 is 0. The Labute approximate surface area is 177 Å². The standard InChI is InChI=1S/C27H37NO/c1-4-7-21-26(22-14-18-24-16-10-8-11-17-24)28(23-6-3)29-27(15-5-2)25-19-12-9-13-20-25/h6,8-14,16-20,26-27H,3-5,7,15,21-23H2,1-2H3/b18-14-. The highest BCUT2D eigenvalue weighted by Gasteiger charge is 2.22. The Balaban J connectivity index is 2.13. The van der Waals surface area contributed by atoms with Gasteiger partial charge in [0.15, 0.2) is 0 Å². The van der Waals surface area contributed by atoms with Crippen LogP contribution in [0.5, 0.6) is 0 Å². The lowest BCUT2D eigenvalue weighted by Gasteiger charge is -2.33. The molecular weight excluding hydrogens is 354 g/mol. The first-order valence-corrected chi connectivity index (χ1v) is 11.1. The molecule has 0 fully saturated rings. The van der Waals surface area contributed by atoms with Gasteiger partial charge in [-0.1, -0.05) is 112 Å². The topological polar surface area (TPSA) is 12.5 Å². The Morgan fingerprint density at radius 2 is 1.62 bits per heavy atom. The maximum atomic E-state index is 6.61. The molecule has 0 N–H and O–H groups in total. The molecule has 0 saturated heterocycles. The first kappa shape index (κ1) is 23.1. The Morgan fingerprint density at radius 3 is 2.24 bits per heavy atom. The van der Waals surface area contributed by atoms with Crippen molar-refractivity contribution in [2.24, 2.45) is 0 Å². The average molecular weight is 392 g/mol. The van der Waals surface area contributed by atoms with Crippen LogP contribution in [0.1, 0.15) is 69.6 Å². The smallest absolute Gasteiger partial charge is 0.104 e. The minimum atomic E-state index is 0.0865. The second kappa shape index (κ2) is 13.9. The van der Waals surface area contributed by atoms with Crippen LogP contribution in [0.25, 0.3) is 6.08 Å². The molecule has 0 aromatic heterocycles. The lowest BCUT2D eigenvalue weighted by molar-refractivity contribution is -0.220. The van der Waals surface area contributed by atoms with Crippen molar-refractivity contribution in [3.63, 3.8) is 0 Å². The fraction of sp³-hybridized carbons (Fsp3) is 0.407. The third-order valence-electron chi connectivity index (χ3n) is 5.11. The maximum absolute atomic E-state index is 6.61. The molecule has 0 aliphatic rings. The van der Waals surface area contributed by atoms with Crippen LogP contribution in [0.15, 0.2) is 79.4 Å². The molecule has 2 nitrogen and oxygen atoms in total. The molecule has 2 rings (SSSR count). The van der Waals surface area contributed by atoms with Gasteiger partial charge in [-0.3, -0.25) is 4.84 Å². The molecule has 0 radical (unpaired) electrons. The molecule has 0 aliphatic carbocycles. The first-order valence-electron chi connectivity index (χ1n) is 11.1. The molecule has 156 valence electrons. The fourth-order valence-electron chi connectivity index (χ4n) is 3.52. The zero-order valence-electron chi connectivity index (χ0n) is 18.2. The van der Waals surface area contributed by atoms with Crippen molar-refractivity contribution in [3.05, 3.63) is 90.5 Å². The van der Waals surface area contributed by atoms with Gasteiger partial charge >= 0.3 is 0 Å². The van der Waals surface area contributed by atoms with Crippen molar-refractivity contribution >= 4 is 6.08 Å². The monoisotopic (exact) mass is 391 g/mol. The van der Waals surface area contributed by atoms with Gasteiger partial charge in [-0.25, -0.2) is 0 Å². The molecule has 0 spiro atoms. The van der Waals surface area contributed by atoms with Gasteiger partial charge in [0.2, 0.25) is 0 Å². The molecule has 29 heavy (non-hydrogen) atoms. The zero-order valence-corrected chi connectivity index (χ0v) is 18.2. The van der Waals surface area contributed by atoms with Gasteiger partial charge in [0.1, 0.15) is 6.10 Å². The number of hydrogen-bond acceptors (Lipinski definition) is 2. The molecular formula is C27H37NO. The quantitative estimate of drug-likeness (QED) is 0.243. The molecule has 2 aromatic carbocycles. The van der Waals surface area contributed by atoms with Gasteiger partial charge in [-0.15, -0.1) is 6.58 Å². The van der Waals surface area contributed by atoms with E-state index in [9.17, 15) is 0 Å². The van der Waals surface area contributed by atoms with Gasteiger partial charge in [0.25, 0.3) is 0 Å². The molecule has 0 saturated carbocycles. The molecule has 0 bridgehead atoms. The number of benzene rings is 2. The summed E-state index contributed by atoms with van der Waals surface area (Å²) in [6.45, 7) is 9.18. The second-order valence-corrected chi connectivity index (χ2v) is 7.53. The summed E-state index contributed by atoms with van der Waals surface area (Å²) in [5, 5.41) is 2.17. The summed E-state index contributed by atoms with van der Waals surface area (Å²) in [6.07, 6.45) is 13.1. The van der Waals surface area contributed by atoms with Crippen LogP contribution in [0.2, 0.25) is 0 Å². The normalized spacial score (nSPS) is 13.6. The van der Waals surface area contributed by atoms with Crippen LogP contribution in [0.4, 0.5) is 0 Å². The predicted molar refractivity (Wildman–Crippen MR) is 125 cm³/mol. The fourth-order valence-corrected chi connectivity index (χ4v) is 3.52. The highest BCUT2D eigenvalue weighted by Crippen LogP contribution is 2.27. The van der Waals surface area contributed by atoms with Crippen molar-refractivity contribution in [1.82, 2.24) is 5.06 Å². The van der Waals surface area contributed by atoms with E-state index in [0.29, 0.717) is 6.04 Å². The summed E-state index contributed by atoms with van der Waals surface area (Å²) in [7, 11) is 0. The molecule has 2 atom stereocenters. The Bertz CT molecular complexity index is 695. The number of nitrogens with zero attached hydrogens (tertiary/aromatic N) is 1. The molecule has 0 aliphatic heterocycles. The first-order chi connectivity index (χ1) is 14.3. The van der Waals surface area contributed by atoms with Crippen molar-refractivity contribution in [3.8, 4) is 0 Å². The molecule has 0 amide bonds. The van der Waals surface area contributed by atoms with Gasteiger partial charge in [0.05, 0.1) is 0 Å². The van der Waals surface area contributed by atoms with Gasteiger partial charge in [-0.2, -0.15) is 5.06 Å². The third-order valence-corrected chi connectivity index (χ3v) is 5.11. The van der Waals surface area contributed by atoms with Crippen molar-refractivity contribution in [1.29, 1.82) is 0 Å². The van der Waals surface area contributed by atoms with Crippen LogP contribution >= 0.6 is 0 Å². The predicted octanol–water partition coefficient (Wildman–Crippen LogP) is 7.61. The van der Waals surface area contributed by atoms with Crippen molar-refractivity contribution in [2.45, 2.75) is 64.5 Å². The summed E-state index contributed by atoms with van der Waals surface area (Å²) in [5.74, 6) is 0. The molecule has 2 aromatic rings. The molecule has 2 unspecified atom stereocenters. The Hall–Kier alpha value is -2.16. The number of hydroxylamine groups is 2. The van der Waals surface area contributed by atoms with E-state index in [-0.39, 0.29) is 6.10 Å². The van der Waals surface area contributed by atoms with E-state index in [4.69, 9.17) is 4.84 Å². The van der Waals surface area contributed by atoms with Crippen LogP contribution in [0.3, 0.4) is 0 Å². The maximum Gasteiger partial charge on any atom is 0.104 e. The summed E-state index contributed by atoms with van der Waals surface area (Å²) in [6, 6.07) is 21.4. The number of hydrogen-bond donors (Lipinski definition) is 0. The van der Waals surface area contributed by atoms with E-state index in [0.717, 1.165) is 32.2 Å². The van der Waals surface area contributed by atoms with Gasteiger partial charge in [0, 0.05) is 12.6 Å². The summed E-state index contributed by atoms with van der Waals surface area (Å²) in [5.41, 5.74) is 2.49. The van der Waals surface area contributed by atoms with E-state index in [1.54, 1.807) is 0 Å². The van der Waals surface area contributed by atoms with E-state index in [1.165, 1.54) is 24.0 Å². The van der Waals surface area contributed by atoms with Gasteiger partial charge in [-0.05, 0) is 30.4 Å². The molecule has 2 heteroatoms. The second-order valence-electron chi connectivity index (χ2n) is 7.53. The van der Waals surface area contributed by atoms with Gasteiger partial charge < -0.3 is 0 Å². The van der Waals surface area contributed by atoms with Crippen LogP contribution in [-0.2, 0) is 4.84 Å². The van der Waals surface area contributed by atoms with E-state index in [2.05, 4.69) is 98.3 Å². The van der Waals surface area contributed by atoms with E-state index in [1.807, 2.05) is 6.08 Å². The molecule has 0 heterocycles.